The second-order valence-electron chi connectivity index (χ2n) is 14.0. The Morgan fingerprint density at radius 2 is 1.59 bits per heavy atom. The number of ketones is 1. The molecule has 1 atom stereocenters. The molecule has 8 nitrogen and oxygen atoms in total. The molecule has 1 N–H and O–H groups in total. The van der Waals surface area contributed by atoms with E-state index in [2.05, 4.69) is 69.1 Å². The molecule has 2 aliphatic heterocycles. The topological polar surface area (TPSA) is 86.1 Å². The van der Waals surface area contributed by atoms with Gasteiger partial charge in [-0.3, -0.25) is 14.4 Å². The van der Waals surface area contributed by atoms with Gasteiger partial charge in [0.15, 0.2) is 11.5 Å². The minimum atomic E-state index is -0.426. The van der Waals surface area contributed by atoms with Crippen molar-refractivity contribution in [2.24, 2.45) is 5.41 Å². The first-order valence-electron chi connectivity index (χ1n) is 15.5. The Morgan fingerprint density at radius 3 is 2.25 bits per heavy atom. The molecule has 1 unspecified atom stereocenters. The van der Waals surface area contributed by atoms with Gasteiger partial charge in [0, 0.05) is 43.9 Å². The molecule has 3 heterocycles. The largest absolute Gasteiger partial charge is 0.459 e. The second kappa shape index (κ2) is 11.3. The lowest BCUT2D eigenvalue weighted by molar-refractivity contribution is -0.131. The zero-order valence-corrected chi connectivity index (χ0v) is 26.4. The van der Waals surface area contributed by atoms with E-state index >= 15 is 0 Å². The molecule has 8 heteroatoms. The lowest BCUT2D eigenvalue weighted by Crippen LogP contribution is -2.53. The fourth-order valence-corrected chi connectivity index (χ4v) is 6.70. The monoisotopic (exact) mass is 594 g/mol. The predicted molar refractivity (Wildman–Crippen MR) is 172 cm³/mol. The third kappa shape index (κ3) is 5.77. The van der Waals surface area contributed by atoms with Crippen molar-refractivity contribution < 1.29 is 18.8 Å². The van der Waals surface area contributed by atoms with Crippen LogP contribution in [0.3, 0.4) is 0 Å². The summed E-state index contributed by atoms with van der Waals surface area (Å²) in [6, 6.07) is 19.5. The summed E-state index contributed by atoms with van der Waals surface area (Å²) in [4.78, 5) is 46.5. The summed E-state index contributed by atoms with van der Waals surface area (Å²) in [5.74, 6) is 0.229. The smallest absolute Gasteiger partial charge is 0.289 e. The molecule has 2 aromatic carbocycles. The number of amides is 2. The van der Waals surface area contributed by atoms with Crippen LogP contribution in [0.2, 0.25) is 0 Å². The molecule has 0 spiro atoms. The molecule has 2 amide bonds. The van der Waals surface area contributed by atoms with E-state index in [1.807, 2.05) is 29.2 Å². The van der Waals surface area contributed by atoms with Crippen LogP contribution in [-0.4, -0.2) is 60.1 Å². The number of fused-ring (bicyclic) bond motifs is 1. The first-order chi connectivity index (χ1) is 20.9. The zero-order valence-electron chi connectivity index (χ0n) is 26.4. The van der Waals surface area contributed by atoms with Crippen LogP contribution < -0.4 is 10.2 Å². The molecular formula is C36H42N4O4. The summed E-state index contributed by atoms with van der Waals surface area (Å²) < 4.78 is 5.30. The Morgan fingerprint density at radius 1 is 0.909 bits per heavy atom. The van der Waals surface area contributed by atoms with Crippen molar-refractivity contribution in [3.05, 3.63) is 95.1 Å². The standard InChI is InChI=1S/C36H42N4O4/c1-35(2,3)25-14-12-24(13-15-25)33-32-27(21-36(4,5)22-29(32)41)37-26-9-6-7-10-28(26)40(33)23-31(42)38-16-18-39(19-17-38)34(43)30-11-8-20-44-30/h6-15,20,33,37H,16-19,21-23H2,1-5H3. The van der Waals surface area contributed by atoms with Crippen LogP contribution in [0.15, 0.2) is 82.6 Å². The van der Waals surface area contributed by atoms with Gasteiger partial charge in [-0.25, -0.2) is 0 Å². The summed E-state index contributed by atoms with van der Waals surface area (Å²) in [5, 5.41) is 3.64. The fourth-order valence-electron chi connectivity index (χ4n) is 6.70. The molecule has 1 aromatic heterocycles. The maximum atomic E-state index is 14.0. The van der Waals surface area contributed by atoms with E-state index in [-0.39, 0.29) is 35.0 Å². The quantitative estimate of drug-likeness (QED) is 0.389. The highest BCUT2D eigenvalue weighted by atomic mass is 16.3. The number of para-hydroxylation sites is 2. The minimum Gasteiger partial charge on any atom is -0.459 e. The van der Waals surface area contributed by atoms with Crippen LogP contribution in [0.5, 0.6) is 0 Å². The third-order valence-corrected chi connectivity index (χ3v) is 9.05. The first kappa shape index (κ1) is 29.7. The number of nitrogens with zero attached hydrogens (tertiary/aromatic N) is 3. The lowest BCUT2D eigenvalue weighted by atomic mass is 9.73. The zero-order chi connectivity index (χ0) is 31.2. The number of hydrogen-bond acceptors (Lipinski definition) is 6. The van der Waals surface area contributed by atoms with Crippen LogP contribution in [0, 0.1) is 5.41 Å². The van der Waals surface area contributed by atoms with Gasteiger partial charge >= 0.3 is 0 Å². The summed E-state index contributed by atoms with van der Waals surface area (Å²) in [5.41, 5.74) is 5.46. The highest BCUT2D eigenvalue weighted by Gasteiger charge is 2.42. The Labute approximate surface area is 259 Å². The molecule has 0 bridgehead atoms. The first-order valence-corrected chi connectivity index (χ1v) is 15.5. The number of nitrogens with one attached hydrogen (secondary N) is 1. The molecule has 3 aromatic rings. The highest BCUT2D eigenvalue weighted by molar-refractivity contribution is 6.02. The maximum absolute atomic E-state index is 14.0. The van der Waals surface area contributed by atoms with Crippen LogP contribution in [0.25, 0.3) is 0 Å². The van der Waals surface area contributed by atoms with E-state index in [1.165, 1.54) is 11.8 Å². The van der Waals surface area contributed by atoms with Gasteiger partial charge in [-0.1, -0.05) is 71.0 Å². The van der Waals surface area contributed by atoms with E-state index in [9.17, 15) is 14.4 Å². The average Bonchev–Trinajstić information content (AvgIpc) is 3.48. The highest BCUT2D eigenvalue weighted by Crippen LogP contribution is 2.48. The van der Waals surface area contributed by atoms with Crippen molar-refractivity contribution in [2.75, 3.05) is 42.9 Å². The maximum Gasteiger partial charge on any atom is 0.289 e. The van der Waals surface area contributed by atoms with Gasteiger partial charge in [-0.15, -0.1) is 0 Å². The van der Waals surface area contributed by atoms with Crippen molar-refractivity contribution in [1.82, 2.24) is 9.80 Å². The van der Waals surface area contributed by atoms with E-state index in [1.54, 1.807) is 17.0 Å². The van der Waals surface area contributed by atoms with Crippen LogP contribution in [-0.2, 0) is 15.0 Å². The number of allylic oxidation sites excluding steroid dienone is 1. The normalized spacial score (nSPS) is 20.1. The summed E-state index contributed by atoms with van der Waals surface area (Å²) >= 11 is 0. The average molecular weight is 595 g/mol. The SMILES string of the molecule is CC1(C)CC(=O)C2=C(C1)Nc1ccccc1N(CC(=O)N1CCN(C(=O)c3ccco3)CC1)C2c1ccc(C(C)(C)C)cc1. The van der Waals surface area contributed by atoms with Gasteiger partial charge < -0.3 is 24.4 Å². The molecular weight excluding hydrogens is 552 g/mol. The second-order valence-corrected chi connectivity index (χ2v) is 14.0. The van der Waals surface area contributed by atoms with Crippen molar-refractivity contribution in [2.45, 2.75) is 58.9 Å². The predicted octanol–water partition coefficient (Wildman–Crippen LogP) is 6.18. The Bertz CT molecular complexity index is 1590. The van der Waals surface area contributed by atoms with Crippen LogP contribution in [0.4, 0.5) is 11.4 Å². The van der Waals surface area contributed by atoms with Crippen LogP contribution >= 0.6 is 0 Å². The molecule has 1 aliphatic carbocycles. The van der Waals surface area contributed by atoms with Gasteiger partial charge in [0.1, 0.15) is 0 Å². The van der Waals surface area contributed by atoms with E-state index in [4.69, 9.17) is 4.42 Å². The van der Waals surface area contributed by atoms with Crippen molar-refractivity contribution >= 4 is 29.0 Å². The number of anilines is 2. The van der Waals surface area contributed by atoms with Gasteiger partial charge in [0.25, 0.3) is 5.91 Å². The number of Topliss-reactive ketones (excluding diaryl/α,β-unsaturated/α-hetero) is 1. The minimum absolute atomic E-state index is 0.0125. The van der Waals surface area contributed by atoms with Crippen molar-refractivity contribution in [1.29, 1.82) is 0 Å². The number of furan rings is 1. The molecule has 1 saturated heterocycles. The van der Waals surface area contributed by atoms with Gasteiger partial charge in [-0.2, -0.15) is 0 Å². The molecule has 1 fully saturated rings. The van der Waals surface area contributed by atoms with Gasteiger partial charge in [-0.05, 0) is 52.6 Å². The Kier molecular flexibility index (Phi) is 7.64. The Balaban J connectivity index is 1.35. The number of rotatable bonds is 4. The fraction of sp³-hybridized carbons (Fsp3) is 0.417. The van der Waals surface area contributed by atoms with Gasteiger partial charge in [0.2, 0.25) is 5.91 Å². The number of benzene rings is 2. The summed E-state index contributed by atoms with van der Waals surface area (Å²) in [6.07, 6.45) is 2.69. The number of hydrogen-bond donors (Lipinski definition) is 1. The van der Waals surface area contributed by atoms with Crippen molar-refractivity contribution in [3.63, 3.8) is 0 Å². The molecule has 3 aliphatic rings. The van der Waals surface area contributed by atoms with E-state index < -0.39 is 6.04 Å². The number of carbonyl (C=O) groups excluding carboxylic acids is 3. The molecule has 44 heavy (non-hydrogen) atoms. The number of piperazine rings is 1. The lowest BCUT2D eigenvalue weighted by Gasteiger charge is -2.40. The molecule has 6 rings (SSSR count). The van der Waals surface area contributed by atoms with Crippen LogP contribution in [0.1, 0.15) is 75.2 Å². The number of carbonyl (C=O) groups is 3. The third-order valence-electron chi connectivity index (χ3n) is 9.05. The molecule has 0 radical (unpaired) electrons. The summed E-state index contributed by atoms with van der Waals surface area (Å²) in [7, 11) is 0. The van der Waals surface area contributed by atoms with Crippen molar-refractivity contribution in [3.8, 4) is 0 Å². The molecule has 0 saturated carbocycles. The summed E-state index contributed by atoms with van der Waals surface area (Å²) in [6.45, 7) is 12.7. The Hall–Kier alpha value is -4.33. The van der Waals surface area contributed by atoms with Gasteiger partial charge in [0.05, 0.1) is 30.2 Å². The van der Waals surface area contributed by atoms with E-state index in [0.29, 0.717) is 38.4 Å². The van der Waals surface area contributed by atoms with E-state index in [0.717, 1.165) is 34.6 Å². The molecule has 230 valence electrons.